The minimum absolute atomic E-state index is 0.0425. The number of carbonyl (C=O) groups is 2. The molecule has 7 nitrogen and oxygen atoms in total. The first-order valence-corrected chi connectivity index (χ1v) is 10.4. The van der Waals surface area contributed by atoms with E-state index in [-0.39, 0.29) is 29.8 Å². The summed E-state index contributed by atoms with van der Waals surface area (Å²) >= 11 is 0. The molecule has 0 spiro atoms. The fraction of sp³-hybridized carbons (Fsp3) is 0.500. The molecule has 1 aliphatic heterocycles. The van der Waals surface area contributed by atoms with Gasteiger partial charge in [-0.3, -0.25) is 14.5 Å². The second kappa shape index (κ2) is 8.37. The SMILES string of the molecule is CC(C)c1cc(C(=O)N[C@H]2C[C@H](CNC(=O)c3ccccc3)N(C3CC3)C2)no1. The molecule has 1 saturated heterocycles. The first-order chi connectivity index (χ1) is 14.0. The van der Waals surface area contributed by atoms with Crippen LogP contribution in [0.1, 0.15) is 65.6 Å². The van der Waals surface area contributed by atoms with E-state index >= 15 is 0 Å². The predicted octanol–water partition coefficient (Wildman–Crippen LogP) is 2.56. The van der Waals surface area contributed by atoms with Gasteiger partial charge in [-0.25, -0.2) is 0 Å². The van der Waals surface area contributed by atoms with Crippen molar-refractivity contribution in [1.82, 2.24) is 20.7 Å². The van der Waals surface area contributed by atoms with Gasteiger partial charge in [0.05, 0.1) is 0 Å². The Bertz CT molecular complexity index is 860. The van der Waals surface area contributed by atoms with Crippen LogP contribution in [0.2, 0.25) is 0 Å². The number of nitrogens with zero attached hydrogens (tertiary/aromatic N) is 2. The lowest BCUT2D eigenvalue weighted by Gasteiger charge is -2.24. The fourth-order valence-electron chi connectivity index (χ4n) is 3.93. The molecule has 0 bridgehead atoms. The molecule has 0 radical (unpaired) electrons. The monoisotopic (exact) mass is 396 g/mol. The van der Waals surface area contributed by atoms with E-state index in [1.165, 1.54) is 12.8 Å². The van der Waals surface area contributed by atoms with Gasteiger partial charge < -0.3 is 15.2 Å². The number of hydrogen-bond acceptors (Lipinski definition) is 5. The fourth-order valence-corrected chi connectivity index (χ4v) is 3.93. The molecule has 2 N–H and O–H groups in total. The van der Waals surface area contributed by atoms with E-state index in [0.29, 0.717) is 29.6 Å². The van der Waals surface area contributed by atoms with Crippen molar-refractivity contribution in [3.05, 3.63) is 53.4 Å². The van der Waals surface area contributed by atoms with Crippen molar-refractivity contribution in [2.45, 2.75) is 57.2 Å². The third-order valence-electron chi connectivity index (χ3n) is 5.67. The number of likely N-dealkylation sites (tertiary alicyclic amines) is 1. The van der Waals surface area contributed by atoms with Crippen LogP contribution in [0.4, 0.5) is 0 Å². The number of rotatable bonds is 7. The molecular formula is C22H28N4O3. The highest BCUT2D eigenvalue weighted by molar-refractivity contribution is 5.94. The van der Waals surface area contributed by atoms with Crippen LogP contribution in [-0.2, 0) is 0 Å². The smallest absolute Gasteiger partial charge is 0.273 e. The lowest BCUT2D eigenvalue weighted by Crippen LogP contribution is -2.41. The number of hydrogen-bond donors (Lipinski definition) is 2. The number of carbonyl (C=O) groups excluding carboxylic acids is 2. The van der Waals surface area contributed by atoms with Crippen LogP contribution in [0.5, 0.6) is 0 Å². The molecule has 2 atom stereocenters. The Labute approximate surface area is 170 Å². The van der Waals surface area contributed by atoms with E-state index in [1.54, 1.807) is 6.07 Å². The van der Waals surface area contributed by atoms with Gasteiger partial charge in [-0.1, -0.05) is 37.2 Å². The lowest BCUT2D eigenvalue weighted by atomic mass is 10.1. The zero-order valence-electron chi connectivity index (χ0n) is 16.9. The van der Waals surface area contributed by atoms with Crippen molar-refractivity contribution in [3.8, 4) is 0 Å². The van der Waals surface area contributed by atoms with Crippen molar-refractivity contribution in [3.63, 3.8) is 0 Å². The van der Waals surface area contributed by atoms with Gasteiger partial charge >= 0.3 is 0 Å². The molecule has 7 heteroatoms. The van der Waals surface area contributed by atoms with Crippen LogP contribution in [0.25, 0.3) is 0 Å². The van der Waals surface area contributed by atoms with Crippen molar-refractivity contribution in [2.24, 2.45) is 0 Å². The Hall–Kier alpha value is -2.67. The summed E-state index contributed by atoms with van der Waals surface area (Å²) < 4.78 is 5.24. The van der Waals surface area contributed by atoms with Crippen LogP contribution < -0.4 is 10.6 Å². The Morgan fingerprint density at radius 1 is 1.21 bits per heavy atom. The average Bonchev–Trinajstić information content (AvgIpc) is 3.29. The van der Waals surface area contributed by atoms with Crippen molar-refractivity contribution in [2.75, 3.05) is 13.1 Å². The van der Waals surface area contributed by atoms with E-state index in [1.807, 2.05) is 44.2 Å². The maximum atomic E-state index is 12.6. The van der Waals surface area contributed by atoms with Gasteiger partial charge in [0.1, 0.15) is 5.76 Å². The Kier molecular flexibility index (Phi) is 5.67. The minimum Gasteiger partial charge on any atom is -0.360 e. The Balaban J connectivity index is 1.34. The summed E-state index contributed by atoms with van der Waals surface area (Å²) in [6.07, 6.45) is 3.18. The summed E-state index contributed by atoms with van der Waals surface area (Å²) in [4.78, 5) is 27.4. The molecule has 2 aliphatic rings. The van der Waals surface area contributed by atoms with E-state index in [2.05, 4.69) is 20.7 Å². The molecule has 154 valence electrons. The zero-order valence-corrected chi connectivity index (χ0v) is 16.9. The van der Waals surface area contributed by atoms with Crippen LogP contribution in [0.15, 0.2) is 40.9 Å². The van der Waals surface area contributed by atoms with Crippen LogP contribution in [0, 0.1) is 0 Å². The first kappa shape index (κ1) is 19.6. The van der Waals surface area contributed by atoms with E-state index in [4.69, 9.17) is 4.52 Å². The maximum Gasteiger partial charge on any atom is 0.273 e. The third kappa shape index (κ3) is 4.67. The van der Waals surface area contributed by atoms with Gasteiger partial charge in [0.15, 0.2) is 5.69 Å². The largest absolute Gasteiger partial charge is 0.360 e. The zero-order chi connectivity index (χ0) is 20.4. The molecule has 2 heterocycles. The molecule has 4 rings (SSSR count). The van der Waals surface area contributed by atoms with Crippen molar-refractivity contribution in [1.29, 1.82) is 0 Å². The molecule has 1 aliphatic carbocycles. The summed E-state index contributed by atoms with van der Waals surface area (Å²) in [5.41, 5.74) is 0.993. The molecule has 2 aromatic rings. The van der Waals surface area contributed by atoms with E-state index in [9.17, 15) is 9.59 Å². The van der Waals surface area contributed by atoms with Crippen LogP contribution >= 0.6 is 0 Å². The molecular weight excluding hydrogens is 368 g/mol. The minimum atomic E-state index is -0.199. The molecule has 1 aromatic carbocycles. The Morgan fingerprint density at radius 2 is 1.97 bits per heavy atom. The van der Waals surface area contributed by atoms with Crippen molar-refractivity contribution >= 4 is 11.8 Å². The van der Waals surface area contributed by atoms with Gasteiger partial charge in [0.25, 0.3) is 11.8 Å². The van der Waals surface area contributed by atoms with Crippen LogP contribution in [0.3, 0.4) is 0 Å². The van der Waals surface area contributed by atoms with Gasteiger partial charge in [-0.2, -0.15) is 0 Å². The molecule has 2 fully saturated rings. The van der Waals surface area contributed by atoms with E-state index < -0.39 is 0 Å². The predicted molar refractivity (Wildman–Crippen MR) is 109 cm³/mol. The summed E-state index contributed by atoms with van der Waals surface area (Å²) in [7, 11) is 0. The highest BCUT2D eigenvalue weighted by atomic mass is 16.5. The standard InChI is InChI=1S/C22H28N4O3/c1-14(2)20-11-19(25-29-20)22(28)24-16-10-18(26(13-16)17-8-9-17)12-23-21(27)15-6-4-3-5-7-15/h3-7,11,14,16-18H,8-10,12-13H2,1-2H3,(H,23,27)(H,24,28)/t16-,18+/m0/s1. The highest BCUT2D eigenvalue weighted by Crippen LogP contribution is 2.33. The summed E-state index contributed by atoms with van der Waals surface area (Å²) in [5, 5.41) is 10.0. The summed E-state index contributed by atoms with van der Waals surface area (Å²) in [6, 6.07) is 11.8. The third-order valence-corrected chi connectivity index (χ3v) is 5.67. The highest BCUT2D eigenvalue weighted by Gasteiger charge is 2.41. The first-order valence-electron chi connectivity index (χ1n) is 10.4. The number of amides is 2. The van der Waals surface area contributed by atoms with Gasteiger partial charge in [-0.05, 0) is 31.4 Å². The topological polar surface area (TPSA) is 87.5 Å². The summed E-state index contributed by atoms with van der Waals surface area (Å²) in [6.45, 7) is 5.39. The molecule has 1 aromatic heterocycles. The quantitative estimate of drug-likeness (QED) is 0.751. The maximum absolute atomic E-state index is 12.6. The lowest BCUT2D eigenvalue weighted by molar-refractivity contribution is 0.0924. The van der Waals surface area contributed by atoms with Gasteiger partial charge in [-0.15, -0.1) is 0 Å². The van der Waals surface area contributed by atoms with Gasteiger partial charge in [0.2, 0.25) is 0 Å². The average molecular weight is 396 g/mol. The molecule has 0 unspecified atom stereocenters. The Morgan fingerprint density at radius 3 is 2.62 bits per heavy atom. The second-order valence-electron chi connectivity index (χ2n) is 8.33. The van der Waals surface area contributed by atoms with Gasteiger partial charge in [0, 0.05) is 48.8 Å². The normalized spacial score (nSPS) is 22.0. The summed E-state index contributed by atoms with van der Waals surface area (Å²) in [5.74, 6) is 0.647. The number of nitrogens with one attached hydrogen (secondary N) is 2. The van der Waals surface area contributed by atoms with Crippen LogP contribution in [-0.4, -0.2) is 53.1 Å². The number of benzene rings is 1. The molecule has 29 heavy (non-hydrogen) atoms. The second-order valence-corrected chi connectivity index (χ2v) is 8.33. The van der Waals surface area contributed by atoms with E-state index in [0.717, 1.165) is 13.0 Å². The number of aromatic nitrogens is 1. The molecule has 1 saturated carbocycles. The molecule has 2 amide bonds. The van der Waals surface area contributed by atoms with Crippen molar-refractivity contribution < 1.29 is 14.1 Å².